The summed E-state index contributed by atoms with van der Waals surface area (Å²) in [5, 5.41) is 22.5. The Morgan fingerprint density at radius 3 is 2.25 bits per heavy atom. The number of amides is 2. The number of aliphatic hydroxyl groups excluding tert-OH is 1. The molecule has 0 spiro atoms. The lowest BCUT2D eigenvalue weighted by molar-refractivity contribution is -0.139. The van der Waals surface area contributed by atoms with Crippen molar-refractivity contribution >= 4 is 23.5 Å². The molecule has 1 atom stereocenters. The van der Waals surface area contributed by atoms with Crippen molar-refractivity contribution in [2.24, 2.45) is 0 Å². The molecule has 108 valence electrons. The molecule has 4 N–H and O–H groups in total. The number of nitrogens with one attached hydrogen (secondary N) is 2. The number of hydrogen-bond donors (Lipinski definition) is 4. The molecular formula is C13H16N2O5. The van der Waals surface area contributed by atoms with E-state index < -0.39 is 17.9 Å². The van der Waals surface area contributed by atoms with E-state index in [0.717, 1.165) is 0 Å². The number of carboxylic acids is 1. The minimum atomic E-state index is -1.21. The van der Waals surface area contributed by atoms with Crippen LogP contribution < -0.4 is 10.6 Å². The fourth-order valence-electron chi connectivity index (χ4n) is 1.54. The van der Waals surface area contributed by atoms with E-state index >= 15 is 0 Å². The highest BCUT2D eigenvalue weighted by atomic mass is 16.4. The summed E-state index contributed by atoms with van der Waals surface area (Å²) in [5.41, 5.74) is 0.808. The third-order valence-corrected chi connectivity index (χ3v) is 2.49. The van der Waals surface area contributed by atoms with Gasteiger partial charge in [0.2, 0.25) is 5.91 Å². The van der Waals surface area contributed by atoms with Crippen LogP contribution in [-0.2, 0) is 9.59 Å². The first kappa shape index (κ1) is 15.6. The molecule has 0 aliphatic carbocycles. The van der Waals surface area contributed by atoms with Crippen LogP contribution >= 0.6 is 0 Å². The zero-order valence-electron chi connectivity index (χ0n) is 10.9. The molecule has 7 heteroatoms. The lowest BCUT2D eigenvalue weighted by Gasteiger charge is -2.13. The number of carboxylic acid groups (broad SMARTS) is 1. The summed E-state index contributed by atoms with van der Waals surface area (Å²) in [5.74, 6) is -1.99. The van der Waals surface area contributed by atoms with Gasteiger partial charge in [-0.15, -0.1) is 0 Å². The van der Waals surface area contributed by atoms with Gasteiger partial charge in [-0.2, -0.15) is 0 Å². The summed E-state index contributed by atoms with van der Waals surface area (Å²) >= 11 is 0. The number of rotatable bonds is 6. The number of carbonyl (C=O) groups is 3. The van der Waals surface area contributed by atoms with Crippen LogP contribution in [0.25, 0.3) is 0 Å². The van der Waals surface area contributed by atoms with Crippen molar-refractivity contribution < 1.29 is 24.6 Å². The molecule has 2 amide bonds. The van der Waals surface area contributed by atoms with Crippen molar-refractivity contribution in [1.82, 2.24) is 5.32 Å². The van der Waals surface area contributed by atoms with Crippen molar-refractivity contribution in [1.29, 1.82) is 0 Å². The number of benzene rings is 1. The largest absolute Gasteiger partial charge is 0.480 e. The fourth-order valence-corrected chi connectivity index (χ4v) is 1.54. The summed E-state index contributed by atoms with van der Waals surface area (Å²) in [7, 11) is 0. The number of anilines is 1. The summed E-state index contributed by atoms with van der Waals surface area (Å²) in [6.45, 7) is 1.03. The van der Waals surface area contributed by atoms with Crippen LogP contribution in [0.2, 0.25) is 0 Å². The molecule has 1 aromatic rings. The van der Waals surface area contributed by atoms with E-state index in [1.54, 1.807) is 0 Å². The van der Waals surface area contributed by atoms with Gasteiger partial charge in [-0.05, 0) is 24.3 Å². The predicted molar refractivity (Wildman–Crippen MR) is 71.3 cm³/mol. The Bertz CT molecular complexity index is 498. The Kier molecular flexibility index (Phi) is 5.67. The lowest BCUT2D eigenvalue weighted by Crippen LogP contribution is -2.41. The smallest absolute Gasteiger partial charge is 0.326 e. The van der Waals surface area contributed by atoms with Gasteiger partial charge in [-0.1, -0.05) is 0 Å². The summed E-state index contributed by atoms with van der Waals surface area (Å²) in [6, 6.07) is 4.88. The highest BCUT2D eigenvalue weighted by Crippen LogP contribution is 2.09. The van der Waals surface area contributed by atoms with Crippen LogP contribution in [0.15, 0.2) is 24.3 Å². The first-order valence-corrected chi connectivity index (χ1v) is 5.96. The van der Waals surface area contributed by atoms with Crippen molar-refractivity contribution in [3.63, 3.8) is 0 Å². The SMILES string of the molecule is CC(=O)Nc1ccc(C(=O)N[C@@H](CCO)C(=O)O)cc1. The van der Waals surface area contributed by atoms with Crippen molar-refractivity contribution in [3.8, 4) is 0 Å². The maximum atomic E-state index is 11.8. The third-order valence-electron chi connectivity index (χ3n) is 2.49. The Balaban J connectivity index is 2.71. The maximum absolute atomic E-state index is 11.8. The number of aliphatic hydroxyl groups is 1. The zero-order chi connectivity index (χ0) is 15.1. The number of aliphatic carboxylic acids is 1. The van der Waals surface area contributed by atoms with E-state index in [1.807, 2.05) is 0 Å². The van der Waals surface area contributed by atoms with Gasteiger partial charge in [-0.25, -0.2) is 4.79 Å². The minimum absolute atomic E-state index is 0.0644. The molecule has 0 aromatic heterocycles. The second-order valence-corrected chi connectivity index (χ2v) is 4.14. The standard InChI is InChI=1S/C13H16N2O5/c1-8(17)14-10-4-2-9(3-5-10)12(18)15-11(6-7-16)13(19)20/h2-5,11,16H,6-7H2,1H3,(H,14,17)(H,15,18)(H,19,20)/t11-/m0/s1. The van der Waals surface area contributed by atoms with E-state index in [2.05, 4.69) is 10.6 Å². The Morgan fingerprint density at radius 2 is 1.80 bits per heavy atom. The fraction of sp³-hybridized carbons (Fsp3) is 0.308. The third kappa shape index (κ3) is 4.69. The van der Waals surface area contributed by atoms with E-state index in [9.17, 15) is 14.4 Å². The van der Waals surface area contributed by atoms with Gasteiger partial charge in [0.05, 0.1) is 0 Å². The van der Waals surface area contributed by atoms with Gasteiger partial charge < -0.3 is 20.8 Å². The van der Waals surface area contributed by atoms with Crippen molar-refractivity contribution in [2.75, 3.05) is 11.9 Å². The molecule has 7 nitrogen and oxygen atoms in total. The van der Waals surface area contributed by atoms with Crippen LogP contribution in [0.4, 0.5) is 5.69 Å². The topological polar surface area (TPSA) is 116 Å². The van der Waals surface area contributed by atoms with Gasteiger partial charge in [0.1, 0.15) is 6.04 Å². The Labute approximate surface area is 115 Å². The van der Waals surface area contributed by atoms with Gasteiger partial charge in [-0.3, -0.25) is 9.59 Å². The normalized spacial score (nSPS) is 11.5. The van der Waals surface area contributed by atoms with Crippen molar-refractivity contribution in [3.05, 3.63) is 29.8 Å². The monoisotopic (exact) mass is 280 g/mol. The maximum Gasteiger partial charge on any atom is 0.326 e. The van der Waals surface area contributed by atoms with Crippen molar-refractivity contribution in [2.45, 2.75) is 19.4 Å². The molecular weight excluding hydrogens is 264 g/mol. The molecule has 0 bridgehead atoms. The molecule has 0 saturated carbocycles. The number of carbonyl (C=O) groups excluding carboxylic acids is 2. The highest BCUT2D eigenvalue weighted by Gasteiger charge is 2.19. The predicted octanol–water partition coefficient (Wildman–Crippen LogP) is 0.210. The van der Waals surface area contributed by atoms with E-state index in [0.29, 0.717) is 5.69 Å². The molecule has 0 fully saturated rings. The summed E-state index contributed by atoms with van der Waals surface area (Å²) in [6.07, 6.45) is -0.0644. The summed E-state index contributed by atoms with van der Waals surface area (Å²) in [4.78, 5) is 33.5. The van der Waals surface area contributed by atoms with Crippen LogP contribution in [0.1, 0.15) is 23.7 Å². The van der Waals surface area contributed by atoms with Gasteiger partial charge >= 0.3 is 5.97 Å². The van der Waals surface area contributed by atoms with Gasteiger partial charge in [0.25, 0.3) is 5.91 Å². The highest BCUT2D eigenvalue weighted by molar-refractivity contribution is 5.97. The average Bonchev–Trinajstić information content (AvgIpc) is 2.38. The molecule has 0 unspecified atom stereocenters. The first-order chi connectivity index (χ1) is 9.43. The van der Waals surface area contributed by atoms with Crippen LogP contribution in [0.5, 0.6) is 0 Å². The molecule has 0 radical (unpaired) electrons. The second kappa shape index (κ2) is 7.25. The zero-order valence-corrected chi connectivity index (χ0v) is 10.9. The molecule has 0 saturated heterocycles. The molecule has 0 aliphatic heterocycles. The lowest BCUT2D eigenvalue weighted by atomic mass is 10.1. The average molecular weight is 280 g/mol. The van der Waals surface area contributed by atoms with Crippen LogP contribution in [-0.4, -0.2) is 40.6 Å². The number of hydrogen-bond acceptors (Lipinski definition) is 4. The molecule has 0 heterocycles. The molecule has 20 heavy (non-hydrogen) atoms. The van der Waals surface area contributed by atoms with Gasteiger partial charge in [0, 0.05) is 31.2 Å². The molecule has 1 rings (SSSR count). The van der Waals surface area contributed by atoms with E-state index in [4.69, 9.17) is 10.2 Å². The second-order valence-electron chi connectivity index (χ2n) is 4.14. The Hall–Kier alpha value is -2.41. The minimum Gasteiger partial charge on any atom is -0.480 e. The van der Waals surface area contributed by atoms with E-state index in [-0.39, 0.29) is 24.5 Å². The van der Waals surface area contributed by atoms with Crippen LogP contribution in [0, 0.1) is 0 Å². The van der Waals surface area contributed by atoms with Gasteiger partial charge in [0.15, 0.2) is 0 Å². The molecule has 0 aliphatic rings. The van der Waals surface area contributed by atoms with Crippen LogP contribution in [0.3, 0.4) is 0 Å². The van der Waals surface area contributed by atoms with E-state index in [1.165, 1.54) is 31.2 Å². The summed E-state index contributed by atoms with van der Waals surface area (Å²) < 4.78 is 0. The quantitative estimate of drug-likeness (QED) is 0.594. The molecule has 1 aromatic carbocycles. The first-order valence-electron chi connectivity index (χ1n) is 5.96. The Morgan fingerprint density at radius 1 is 1.20 bits per heavy atom.